The van der Waals surface area contributed by atoms with Crippen molar-refractivity contribution in [3.05, 3.63) is 0 Å². The number of halogens is 1. The topological polar surface area (TPSA) is 44.4 Å². The fraction of sp³-hybridized carbons (Fsp3) is 0.900. The molecule has 2 aliphatic heterocycles. The zero-order valence-electron chi connectivity index (χ0n) is 9.16. The molecule has 2 rings (SSSR count). The van der Waals surface area contributed by atoms with Gasteiger partial charge in [-0.3, -0.25) is 4.79 Å². The number of nitrogens with zero attached hydrogens (tertiary/aromatic N) is 1. The van der Waals surface area contributed by atoms with E-state index in [4.69, 9.17) is 0 Å². The number of likely N-dealkylation sites (N-methyl/N-ethyl adjacent to an activating group) is 1. The molecular formula is C10H20ClN3O. The molecule has 1 amide bonds. The van der Waals surface area contributed by atoms with Gasteiger partial charge in [0.15, 0.2) is 0 Å². The maximum absolute atomic E-state index is 12.0. The molecule has 2 saturated heterocycles. The summed E-state index contributed by atoms with van der Waals surface area (Å²) in [5.41, 5.74) is 0. The molecule has 2 atom stereocenters. The zero-order valence-corrected chi connectivity index (χ0v) is 9.98. The van der Waals surface area contributed by atoms with Crippen LogP contribution in [-0.4, -0.2) is 50.1 Å². The van der Waals surface area contributed by atoms with Crippen LogP contribution in [0.4, 0.5) is 0 Å². The minimum absolute atomic E-state index is 0. The normalized spacial score (nSPS) is 29.9. The summed E-state index contributed by atoms with van der Waals surface area (Å²) in [7, 11) is 1.94. The summed E-state index contributed by atoms with van der Waals surface area (Å²) in [5, 5.41) is 6.52. The van der Waals surface area contributed by atoms with Crippen LogP contribution in [0.2, 0.25) is 0 Å². The summed E-state index contributed by atoms with van der Waals surface area (Å²) in [6.07, 6.45) is 2.10. The Morgan fingerprint density at radius 1 is 1.20 bits per heavy atom. The largest absolute Gasteiger partial charge is 0.341 e. The van der Waals surface area contributed by atoms with E-state index in [9.17, 15) is 4.79 Å². The fourth-order valence-corrected chi connectivity index (χ4v) is 2.30. The number of carbonyl (C=O) groups excluding carboxylic acids is 1. The second-order valence-electron chi connectivity index (χ2n) is 4.29. The predicted octanol–water partition coefficient (Wildman–Crippen LogP) is -0.162. The molecule has 5 heteroatoms. The summed E-state index contributed by atoms with van der Waals surface area (Å²) in [6, 6.07) is 0.420. The van der Waals surface area contributed by atoms with Gasteiger partial charge in [0.25, 0.3) is 0 Å². The van der Waals surface area contributed by atoms with Gasteiger partial charge in [0.1, 0.15) is 0 Å². The van der Waals surface area contributed by atoms with Crippen LogP contribution in [-0.2, 0) is 4.79 Å². The molecule has 0 spiro atoms. The summed E-state index contributed by atoms with van der Waals surface area (Å²) in [6.45, 7) is 3.87. The van der Waals surface area contributed by atoms with E-state index in [2.05, 4.69) is 10.6 Å². The van der Waals surface area contributed by atoms with Gasteiger partial charge in [-0.15, -0.1) is 12.4 Å². The molecule has 4 nitrogen and oxygen atoms in total. The van der Waals surface area contributed by atoms with Crippen LogP contribution in [0.15, 0.2) is 0 Å². The van der Waals surface area contributed by atoms with Gasteiger partial charge in [-0.2, -0.15) is 0 Å². The molecule has 0 bridgehead atoms. The summed E-state index contributed by atoms with van der Waals surface area (Å²) in [4.78, 5) is 13.9. The summed E-state index contributed by atoms with van der Waals surface area (Å²) < 4.78 is 0. The second kappa shape index (κ2) is 5.68. The summed E-state index contributed by atoms with van der Waals surface area (Å²) in [5.74, 6) is 0.546. The van der Waals surface area contributed by atoms with E-state index in [0.29, 0.717) is 11.9 Å². The maximum atomic E-state index is 12.0. The minimum Gasteiger partial charge on any atom is -0.341 e. The van der Waals surface area contributed by atoms with Crippen LogP contribution in [0, 0.1) is 5.92 Å². The van der Waals surface area contributed by atoms with Crippen molar-refractivity contribution in [3.8, 4) is 0 Å². The Morgan fingerprint density at radius 3 is 2.40 bits per heavy atom. The molecule has 0 aromatic heterocycles. The third kappa shape index (κ3) is 2.83. The second-order valence-corrected chi connectivity index (χ2v) is 4.29. The van der Waals surface area contributed by atoms with Crippen LogP contribution >= 0.6 is 12.4 Å². The van der Waals surface area contributed by atoms with Gasteiger partial charge >= 0.3 is 0 Å². The Labute approximate surface area is 97.2 Å². The lowest BCUT2D eigenvalue weighted by Gasteiger charge is -2.26. The highest BCUT2D eigenvalue weighted by molar-refractivity contribution is 5.85. The van der Waals surface area contributed by atoms with Crippen LogP contribution in [0.25, 0.3) is 0 Å². The lowest BCUT2D eigenvalue weighted by Crippen LogP contribution is -2.42. The van der Waals surface area contributed by atoms with Gasteiger partial charge in [-0.1, -0.05) is 0 Å². The summed E-state index contributed by atoms with van der Waals surface area (Å²) >= 11 is 0. The van der Waals surface area contributed by atoms with Gasteiger partial charge in [-0.05, 0) is 25.9 Å². The van der Waals surface area contributed by atoms with E-state index in [1.807, 2.05) is 11.9 Å². The number of hydrogen-bond donors (Lipinski definition) is 2. The first kappa shape index (κ1) is 12.7. The van der Waals surface area contributed by atoms with E-state index in [-0.39, 0.29) is 18.3 Å². The van der Waals surface area contributed by atoms with E-state index in [1.54, 1.807) is 0 Å². The van der Waals surface area contributed by atoms with E-state index < -0.39 is 0 Å². The molecule has 0 aromatic rings. The molecule has 2 aliphatic rings. The first-order chi connectivity index (χ1) is 6.79. The van der Waals surface area contributed by atoms with Crippen molar-refractivity contribution in [2.75, 3.05) is 33.2 Å². The van der Waals surface area contributed by atoms with Gasteiger partial charge in [-0.25, -0.2) is 0 Å². The highest BCUT2D eigenvalue weighted by Gasteiger charge is 2.30. The van der Waals surface area contributed by atoms with Crippen LogP contribution in [0.1, 0.15) is 12.8 Å². The smallest absolute Gasteiger partial charge is 0.227 e. The van der Waals surface area contributed by atoms with Gasteiger partial charge < -0.3 is 15.5 Å². The number of hydrogen-bond acceptors (Lipinski definition) is 3. The highest BCUT2D eigenvalue weighted by Crippen LogP contribution is 2.15. The van der Waals surface area contributed by atoms with Crippen LogP contribution in [0.3, 0.4) is 0 Å². The van der Waals surface area contributed by atoms with Gasteiger partial charge in [0.2, 0.25) is 5.91 Å². The molecule has 0 aliphatic carbocycles. The molecule has 15 heavy (non-hydrogen) atoms. The lowest BCUT2D eigenvalue weighted by molar-refractivity contribution is -0.135. The van der Waals surface area contributed by atoms with E-state index in [0.717, 1.165) is 39.0 Å². The first-order valence-corrected chi connectivity index (χ1v) is 5.47. The molecular weight excluding hydrogens is 214 g/mol. The standard InChI is InChI=1S/C10H19N3O.ClH/c1-13(9-3-5-12-7-9)10(14)8-2-4-11-6-8;/h8-9,11-12H,2-7H2,1H3;1H/t8-,9?;/m0./s1. The molecule has 0 aromatic carbocycles. The van der Waals surface area contributed by atoms with Gasteiger partial charge in [0, 0.05) is 26.2 Å². The van der Waals surface area contributed by atoms with Crippen LogP contribution < -0.4 is 10.6 Å². The maximum Gasteiger partial charge on any atom is 0.227 e. The number of amides is 1. The fourth-order valence-electron chi connectivity index (χ4n) is 2.30. The van der Waals surface area contributed by atoms with Crippen molar-refractivity contribution >= 4 is 18.3 Å². The predicted molar refractivity (Wildman–Crippen MR) is 62.3 cm³/mol. The molecule has 2 fully saturated rings. The monoisotopic (exact) mass is 233 g/mol. The van der Waals surface area contributed by atoms with E-state index in [1.165, 1.54) is 0 Å². The van der Waals surface area contributed by atoms with E-state index >= 15 is 0 Å². The Balaban J connectivity index is 0.00000112. The zero-order chi connectivity index (χ0) is 9.97. The highest BCUT2D eigenvalue weighted by atomic mass is 35.5. The average molecular weight is 234 g/mol. The molecule has 0 saturated carbocycles. The van der Waals surface area contributed by atoms with Crippen molar-refractivity contribution in [1.29, 1.82) is 0 Å². The molecule has 2 N–H and O–H groups in total. The Hall–Kier alpha value is -0.320. The number of carbonyl (C=O) groups is 1. The Kier molecular flexibility index (Phi) is 4.83. The Bertz CT molecular complexity index is 213. The van der Waals surface area contributed by atoms with Gasteiger partial charge in [0.05, 0.1) is 5.92 Å². The molecule has 0 radical (unpaired) electrons. The third-order valence-corrected chi connectivity index (χ3v) is 3.34. The lowest BCUT2D eigenvalue weighted by atomic mass is 10.1. The first-order valence-electron chi connectivity index (χ1n) is 5.47. The third-order valence-electron chi connectivity index (χ3n) is 3.34. The number of rotatable bonds is 2. The van der Waals surface area contributed by atoms with Crippen molar-refractivity contribution in [1.82, 2.24) is 15.5 Å². The number of nitrogens with one attached hydrogen (secondary N) is 2. The minimum atomic E-state index is 0. The van der Waals surface area contributed by atoms with Crippen LogP contribution in [0.5, 0.6) is 0 Å². The van der Waals surface area contributed by atoms with Crippen molar-refractivity contribution in [3.63, 3.8) is 0 Å². The van der Waals surface area contributed by atoms with Crippen molar-refractivity contribution < 1.29 is 4.79 Å². The molecule has 2 heterocycles. The Morgan fingerprint density at radius 2 is 1.87 bits per heavy atom. The molecule has 1 unspecified atom stereocenters. The van der Waals surface area contributed by atoms with Crippen molar-refractivity contribution in [2.24, 2.45) is 5.92 Å². The SMILES string of the molecule is CN(C(=O)[C@H]1CCNC1)C1CCNC1.Cl. The quantitative estimate of drug-likeness (QED) is 0.697. The van der Waals surface area contributed by atoms with Crippen molar-refractivity contribution in [2.45, 2.75) is 18.9 Å². The average Bonchev–Trinajstić information content (AvgIpc) is 2.87. The molecule has 88 valence electrons.